The van der Waals surface area contributed by atoms with Crippen molar-refractivity contribution in [2.24, 2.45) is 0 Å². The zero-order chi connectivity index (χ0) is 17.0. The fourth-order valence-electron chi connectivity index (χ4n) is 1.68. The largest absolute Gasteiger partial charge is 0.497 e. The molecule has 0 bridgehead atoms. The van der Waals surface area contributed by atoms with Gasteiger partial charge in [-0.05, 0) is 84.1 Å². The van der Waals surface area contributed by atoms with Crippen LogP contribution in [0.3, 0.4) is 0 Å². The molecule has 0 heterocycles. The SMILES string of the molecule is COc1ccc(C#CC#CC#CC#Cc2ccc(OC)cc2)cc1. The molecule has 0 atom stereocenters. The average molecular weight is 310 g/mol. The van der Waals surface area contributed by atoms with Crippen LogP contribution in [0.1, 0.15) is 11.1 Å². The molecule has 0 amide bonds. The van der Waals surface area contributed by atoms with Crippen molar-refractivity contribution in [3.8, 4) is 58.9 Å². The Hall–Kier alpha value is -3.72. The minimum atomic E-state index is 0.799. The number of hydrogen-bond acceptors (Lipinski definition) is 2. The summed E-state index contributed by atoms with van der Waals surface area (Å²) in [5.74, 6) is 23.6. The monoisotopic (exact) mass is 310 g/mol. The first kappa shape index (κ1) is 16.6. The third kappa shape index (κ3) is 5.58. The Bertz CT molecular complexity index is 839. The Morgan fingerprint density at radius 2 is 0.833 bits per heavy atom. The summed E-state index contributed by atoms with van der Waals surface area (Å²) < 4.78 is 10.2. The number of rotatable bonds is 2. The molecule has 2 nitrogen and oxygen atoms in total. The molecule has 114 valence electrons. The van der Waals surface area contributed by atoms with Gasteiger partial charge in [-0.3, -0.25) is 0 Å². The quantitative estimate of drug-likeness (QED) is 0.794. The Labute approximate surface area is 142 Å². The molecule has 0 aliphatic rings. The van der Waals surface area contributed by atoms with Gasteiger partial charge in [0.05, 0.1) is 14.2 Å². The van der Waals surface area contributed by atoms with E-state index < -0.39 is 0 Å². The summed E-state index contributed by atoms with van der Waals surface area (Å²) >= 11 is 0. The van der Waals surface area contributed by atoms with Gasteiger partial charge in [-0.1, -0.05) is 11.8 Å². The van der Waals surface area contributed by atoms with Gasteiger partial charge in [0.25, 0.3) is 0 Å². The summed E-state index contributed by atoms with van der Waals surface area (Å²) in [5.41, 5.74) is 1.75. The van der Waals surface area contributed by atoms with E-state index in [1.165, 1.54) is 0 Å². The van der Waals surface area contributed by atoms with E-state index in [0.29, 0.717) is 0 Å². The van der Waals surface area contributed by atoms with E-state index in [2.05, 4.69) is 47.4 Å². The van der Waals surface area contributed by atoms with Crippen molar-refractivity contribution in [3.05, 3.63) is 59.7 Å². The van der Waals surface area contributed by atoms with Crippen LogP contribution in [0.2, 0.25) is 0 Å². The van der Waals surface area contributed by atoms with E-state index in [4.69, 9.17) is 9.47 Å². The highest BCUT2D eigenvalue weighted by atomic mass is 16.5. The maximum absolute atomic E-state index is 5.08. The molecule has 0 saturated carbocycles. The second kappa shape index (κ2) is 9.33. The van der Waals surface area contributed by atoms with Gasteiger partial charge in [-0.2, -0.15) is 0 Å². The smallest absolute Gasteiger partial charge is 0.118 e. The van der Waals surface area contributed by atoms with E-state index in [-0.39, 0.29) is 0 Å². The van der Waals surface area contributed by atoms with Crippen LogP contribution in [0.4, 0.5) is 0 Å². The van der Waals surface area contributed by atoms with E-state index in [1.807, 2.05) is 48.5 Å². The van der Waals surface area contributed by atoms with Crippen molar-refractivity contribution in [2.75, 3.05) is 14.2 Å². The molecular weight excluding hydrogens is 296 g/mol. The van der Waals surface area contributed by atoms with Crippen LogP contribution in [0.5, 0.6) is 11.5 Å². The molecule has 24 heavy (non-hydrogen) atoms. The van der Waals surface area contributed by atoms with E-state index in [0.717, 1.165) is 22.6 Å². The number of methoxy groups -OCH3 is 2. The van der Waals surface area contributed by atoms with Gasteiger partial charge in [0.15, 0.2) is 0 Å². The van der Waals surface area contributed by atoms with Crippen molar-refractivity contribution in [3.63, 3.8) is 0 Å². The predicted molar refractivity (Wildman–Crippen MR) is 95.3 cm³/mol. The average Bonchev–Trinajstić information content (AvgIpc) is 2.65. The predicted octanol–water partition coefficient (Wildman–Crippen LogP) is 3.11. The Balaban J connectivity index is 1.91. The fourth-order valence-corrected chi connectivity index (χ4v) is 1.68. The zero-order valence-electron chi connectivity index (χ0n) is 13.4. The van der Waals surface area contributed by atoms with Crippen LogP contribution < -0.4 is 9.47 Å². The van der Waals surface area contributed by atoms with Crippen LogP contribution in [-0.4, -0.2) is 14.2 Å². The van der Waals surface area contributed by atoms with Crippen molar-refractivity contribution in [2.45, 2.75) is 0 Å². The first-order valence-electron chi connectivity index (χ1n) is 7.12. The minimum absolute atomic E-state index is 0.799. The maximum atomic E-state index is 5.08. The molecular formula is C22H14O2. The lowest BCUT2D eigenvalue weighted by Crippen LogP contribution is -1.81. The van der Waals surface area contributed by atoms with E-state index in [1.54, 1.807) is 14.2 Å². The van der Waals surface area contributed by atoms with Crippen molar-refractivity contribution in [1.82, 2.24) is 0 Å². The van der Waals surface area contributed by atoms with E-state index >= 15 is 0 Å². The molecule has 0 saturated heterocycles. The van der Waals surface area contributed by atoms with Gasteiger partial charge >= 0.3 is 0 Å². The lowest BCUT2D eigenvalue weighted by molar-refractivity contribution is 0.414. The summed E-state index contributed by atoms with van der Waals surface area (Å²) in [4.78, 5) is 0. The highest BCUT2D eigenvalue weighted by Gasteiger charge is 1.89. The standard InChI is InChI=1S/C22H14O2/c1-23-21-15-11-19(12-16-21)9-7-5-3-4-6-8-10-20-13-17-22(24-2)18-14-20/h11-18H,1-2H3. The third-order valence-electron chi connectivity index (χ3n) is 2.91. The number of hydrogen-bond donors (Lipinski definition) is 0. The highest BCUT2D eigenvalue weighted by Crippen LogP contribution is 2.10. The molecule has 0 spiro atoms. The highest BCUT2D eigenvalue weighted by molar-refractivity contribution is 5.47. The molecule has 0 aliphatic carbocycles. The van der Waals surface area contributed by atoms with Crippen LogP contribution in [0.15, 0.2) is 48.5 Å². The molecule has 0 N–H and O–H groups in total. The normalized spacial score (nSPS) is 7.92. The Morgan fingerprint density at radius 1 is 0.500 bits per heavy atom. The summed E-state index contributed by atoms with van der Waals surface area (Å²) in [7, 11) is 3.25. The molecule has 2 heteroatoms. The third-order valence-corrected chi connectivity index (χ3v) is 2.91. The van der Waals surface area contributed by atoms with Gasteiger partial charge in [0.2, 0.25) is 0 Å². The number of ether oxygens (including phenoxy) is 2. The first-order chi connectivity index (χ1) is 11.8. The molecule has 0 unspecified atom stereocenters. The Morgan fingerprint density at radius 3 is 1.17 bits per heavy atom. The molecule has 2 aromatic rings. The summed E-state index contributed by atoms with van der Waals surface area (Å²) in [6.07, 6.45) is 0. The maximum Gasteiger partial charge on any atom is 0.118 e. The van der Waals surface area contributed by atoms with Gasteiger partial charge in [0, 0.05) is 11.1 Å². The lowest BCUT2D eigenvalue weighted by Gasteiger charge is -1.96. The second-order valence-electron chi connectivity index (χ2n) is 4.46. The van der Waals surface area contributed by atoms with Gasteiger partial charge in [0.1, 0.15) is 11.5 Å². The fraction of sp³-hybridized carbons (Fsp3) is 0.0909. The van der Waals surface area contributed by atoms with Gasteiger partial charge in [-0.25, -0.2) is 0 Å². The van der Waals surface area contributed by atoms with Crippen LogP contribution in [0, 0.1) is 47.4 Å². The molecule has 0 aliphatic heterocycles. The van der Waals surface area contributed by atoms with Crippen molar-refractivity contribution in [1.29, 1.82) is 0 Å². The second-order valence-corrected chi connectivity index (χ2v) is 4.46. The summed E-state index contributed by atoms with van der Waals surface area (Å²) in [5, 5.41) is 0. The molecule has 0 aromatic heterocycles. The van der Waals surface area contributed by atoms with Crippen LogP contribution >= 0.6 is 0 Å². The van der Waals surface area contributed by atoms with Crippen molar-refractivity contribution >= 4 is 0 Å². The molecule has 2 rings (SSSR count). The first-order valence-corrected chi connectivity index (χ1v) is 7.12. The molecule has 0 fully saturated rings. The lowest BCUT2D eigenvalue weighted by atomic mass is 10.2. The van der Waals surface area contributed by atoms with Gasteiger partial charge in [-0.15, -0.1) is 0 Å². The number of benzene rings is 2. The van der Waals surface area contributed by atoms with E-state index in [9.17, 15) is 0 Å². The minimum Gasteiger partial charge on any atom is -0.497 e. The van der Waals surface area contributed by atoms with Gasteiger partial charge < -0.3 is 9.47 Å². The Kier molecular flexibility index (Phi) is 6.47. The zero-order valence-corrected chi connectivity index (χ0v) is 13.4. The summed E-state index contributed by atoms with van der Waals surface area (Å²) in [6.45, 7) is 0. The topological polar surface area (TPSA) is 18.5 Å². The summed E-state index contributed by atoms with van der Waals surface area (Å²) in [6, 6.07) is 14.9. The van der Waals surface area contributed by atoms with Crippen LogP contribution in [0.25, 0.3) is 0 Å². The molecule has 0 radical (unpaired) electrons. The van der Waals surface area contributed by atoms with Crippen LogP contribution in [-0.2, 0) is 0 Å². The molecule has 2 aromatic carbocycles. The van der Waals surface area contributed by atoms with Crippen molar-refractivity contribution < 1.29 is 9.47 Å².